The number of methoxy groups -OCH3 is 1. The van der Waals surface area contributed by atoms with Gasteiger partial charge in [0.2, 0.25) is 0 Å². The predicted molar refractivity (Wildman–Crippen MR) is 94.3 cm³/mol. The van der Waals surface area contributed by atoms with Gasteiger partial charge in [-0.3, -0.25) is 14.9 Å². The predicted octanol–water partition coefficient (Wildman–Crippen LogP) is 1.39. The maximum absolute atomic E-state index is 11.8. The van der Waals surface area contributed by atoms with Gasteiger partial charge in [-0.05, 0) is 26.3 Å². The summed E-state index contributed by atoms with van der Waals surface area (Å²) in [6, 6.07) is 8.32. The van der Waals surface area contributed by atoms with E-state index in [9.17, 15) is 14.4 Å². The molecule has 1 amide bonds. The van der Waals surface area contributed by atoms with Crippen LogP contribution in [0.5, 0.6) is 0 Å². The molecule has 144 valence electrons. The quantitative estimate of drug-likeness (QED) is 0.529. The molecule has 1 aromatic rings. The molecule has 0 unspecified atom stereocenters. The van der Waals surface area contributed by atoms with Crippen LogP contribution < -0.4 is 10.6 Å². The van der Waals surface area contributed by atoms with E-state index in [1.807, 2.05) is 30.3 Å². The van der Waals surface area contributed by atoms with Gasteiger partial charge in [-0.2, -0.15) is 0 Å². The molecule has 0 aliphatic rings. The highest BCUT2D eigenvalue weighted by atomic mass is 16.6. The minimum Gasteiger partial charge on any atom is -0.468 e. The van der Waals surface area contributed by atoms with Crippen LogP contribution in [-0.2, 0) is 30.4 Å². The molecule has 0 saturated heterocycles. The van der Waals surface area contributed by atoms with E-state index in [-0.39, 0.29) is 19.7 Å². The lowest BCUT2D eigenvalue weighted by Gasteiger charge is -2.21. The molecule has 0 aliphatic heterocycles. The van der Waals surface area contributed by atoms with Gasteiger partial charge in [0.05, 0.1) is 13.7 Å². The lowest BCUT2D eigenvalue weighted by molar-refractivity contribution is -0.145. The molecule has 26 heavy (non-hydrogen) atoms. The van der Waals surface area contributed by atoms with Crippen LogP contribution in [0.3, 0.4) is 0 Å². The van der Waals surface area contributed by atoms with E-state index in [0.717, 1.165) is 5.56 Å². The Kier molecular flexibility index (Phi) is 8.57. The topological polar surface area (TPSA) is 103 Å². The number of benzene rings is 1. The van der Waals surface area contributed by atoms with E-state index < -0.39 is 29.7 Å². The molecule has 0 aliphatic carbocycles. The number of ether oxygens (including phenoxy) is 3. The minimum atomic E-state index is -0.906. The molecule has 0 saturated carbocycles. The summed E-state index contributed by atoms with van der Waals surface area (Å²) in [7, 11) is 1.22. The molecule has 2 N–H and O–H groups in total. The molecule has 0 radical (unpaired) electrons. The van der Waals surface area contributed by atoms with Crippen molar-refractivity contribution in [3.63, 3.8) is 0 Å². The molecule has 8 heteroatoms. The van der Waals surface area contributed by atoms with Crippen LogP contribution >= 0.6 is 0 Å². The molecule has 1 aromatic carbocycles. The Morgan fingerprint density at radius 3 is 2.35 bits per heavy atom. The van der Waals surface area contributed by atoms with Crippen molar-refractivity contribution in [2.45, 2.75) is 39.0 Å². The van der Waals surface area contributed by atoms with Crippen molar-refractivity contribution in [3.8, 4) is 0 Å². The Hall–Kier alpha value is -2.61. The standard InChI is InChI=1S/C18H26N2O6/c1-18(2,3)26-17(23)20-10-14(16(22)24-4)19-11-15(21)25-12-13-8-6-5-7-9-13/h5-9,14,19H,10-12H2,1-4H3,(H,20,23)/t14-/m1/s1. The summed E-state index contributed by atoms with van der Waals surface area (Å²) < 4.78 is 14.9. The summed E-state index contributed by atoms with van der Waals surface area (Å²) in [5.41, 5.74) is 0.205. The Balaban J connectivity index is 2.42. The molecule has 0 heterocycles. The van der Waals surface area contributed by atoms with Gasteiger partial charge < -0.3 is 19.5 Å². The van der Waals surface area contributed by atoms with Gasteiger partial charge in [-0.1, -0.05) is 30.3 Å². The van der Waals surface area contributed by atoms with Crippen LogP contribution in [0.25, 0.3) is 0 Å². The van der Waals surface area contributed by atoms with E-state index in [4.69, 9.17) is 9.47 Å². The van der Waals surface area contributed by atoms with E-state index in [1.54, 1.807) is 20.8 Å². The summed E-state index contributed by atoms with van der Waals surface area (Å²) in [5.74, 6) is -1.14. The monoisotopic (exact) mass is 366 g/mol. The van der Waals surface area contributed by atoms with E-state index in [1.165, 1.54) is 7.11 Å². The van der Waals surface area contributed by atoms with Crippen LogP contribution in [0.15, 0.2) is 30.3 Å². The first kappa shape index (κ1) is 21.4. The van der Waals surface area contributed by atoms with Gasteiger partial charge >= 0.3 is 18.0 Å². The molecule has 1 rings (SSSR count). The zero-order valence-corrected chi connectivity index (χ0v) is 15.5. The number of carbonyl (C=O) groups excluding carboxylic acids is 3. The van der Waals surface area contributed by atoms with Gasteiger partial charge in [0.15, 0.2) is 0 Å². The third-order valence-corrected chi connectivity index (χ3v) is 3.07. The largest absolute Gasteiger partial charge is 0.468 e. The zero-order chi connectivity index (χ0) is 19.6. The van der Waals surface area contributed by atoms with Gasteiger partial charge in [-0.25, -0.2) is 4.79 Å². The van der Waals surface area contributed by atoms with Crippen LogP contribution in [0.4, 0.5) is 4.79 Å². The zero-order valence-electron chi connectivity index (χ0n) is 15.5. The highest BCUT2D eigenvalue weighted by Crippen LogP contribution is 2.06. The van der Waals surface area contributed by atoms with Crippen LogP contribution in [-0.4, -0.2) is 49.9 Å². The first-order chi connectivity index (χ1) is 12.2. The second kappa shape index (κ2) is 10.4. The van der Waals surface area contributed by atoms with Crippen molar-refractivity contribution in [2.75, 3.05) is 20.2 Å². The van der Waals surface area contributed by atoms with Crippen molar-refractivity contribution in [3.05, 3.63) is 35.9 Å². The molecular weight excluding hydrogens is 340 g/mol. The summed E-state index contributed by atoms with van der Waals surface area (Å²) in [6.07, 6.45) is -0.667. The summed E-state index contributed by atoms with van der Waals surface area (Å²) in [4.78, 5) is 35.2. The van der Waals surface area contributed by atoms with Crippen LogP contribution in [0.2, 0.25) is 0 Å². The van der Waals surface area contributed by atoms with E-state index in [2.05, 4.69) is 15.4 Å². The molecule has 8 nitrogen and oxygen atoms in total. The number of hydrogen-bond acceptors (Lipinski definition) is 7. The van der Waals surface area contributed by atoms with Crippen molar-refractivity contribution in [1.29, 1.82) is 0 Å². The fraction of sp³-hybridized carbons (Fsp3) is 0.500. The third-order valence-electron chi connectivity index (χ3n) is 3.07. The summed E-state index contributed by atoms with van der Waals surface area (Å²) in [5, 5.41) is 5.16. The average molecular weight is 366 g/mol. The second-order valence-corrected chi connectivity index (χ2v) is 6.49. The van der Waals surface area contributed by atoms with E-state index >= 15 is 0 Å². The summed E-state index contributed by atoms with van der Waals surface area (Å²) >= 11 is 0. The lowest BCUT2D eigenvalue weighted by Crippen LogP contribution is -2.49. The van der Waals surface area contributed by atoms with Crippen molar-refractivity contribution in [2.24, 2.45) is 0 Å². The van der Waals surface area contributed by atoms with Crippen LogP contribution in [0.1, 0.15) is 26.3 Å². The van der Waals surface area contributed by atoms with Gasteiger partial charge in [0, 0.05) is 6.54 Å². The highest BCUT2D eigenvalue weighted by Gasteiger charge is 2.23. The molecule has 0 aromatic heterocycles. The lowest BCUT2D eigenvalue weighted by atomic mass is 10.2. The second-order valence-electron chi connectivity index (χ2n) is 6.49. The van der Waals surface area contributed by atoms with Crippen molar-refractivity contribution < 1.29 is 28.6 Å². The third kappa shape index (κ3) is 9.03. The Morgan fingerprint density at radius 2 is 1.77 bits per heavy atom. The normalized spacial score (nSPS) is 12.0. The number of hydrogen-bond donors (Lipinski definition) is 2. The Labute approximate surface area is 153 Å². The number of carbonyl (C=O) groups is 3. The van der Waals surface area contributed by atoms with E-state index in [0.29, 0.717) is 0 Å². The average Bonchev–Trinajstić information content (AvgIpc) is 2.58. The maximum Gasteiger partial charge on any atom is 0.407 e. The van der Waals surface area contributed by atoms with Gasteiger partial charge in [0.25, 0.3) is 0 Å². The molecule has 1 atom stereocenters. The molecular formula is C18H26N2O6. The van der Waals surface area contributed by atoms with Gasteiger partial charge in [0.1, 0.15) is 18.2 Å². The first-order valence-electron chi connectivity index (χ1n) is 8.19. The number of amides is 1. The highest BCUT2D eigenvalue weighted by molar-refractivity contribution is 5.79. The fourth-order valence-electron chi connectivity index (χ4n) is 1.88. The van der Waals surface area contributed by atoms with Crippen LogP contribution in [0, 0.1) is 0 Å². The smallest absolute Gasteiger partial charge is 0.407 e. The Morgan fingerprint density at radius 1 is 1.12 bits per heavy atom. The Bertz CT molecular complexity index is 597. The first-order valence-corrected chi connectivity index (χ1v) is 8.19. The fourth-order valence-corrected chi connectivity index (χ4v) is 1.88. The number of rotatable bonds is 8. The molecule has 0 bridgehead atoms. The van der Waals surface area contributed by atoms with Gasteiger partial charge in [-0.15, -0.1) is 0 Å². The number of esters is 2. The molecule has 0 spiro atoms. The van der Waals surface area contributed by atoms with Crippen molar-refractivity contribution in [1.82, 2.24) is 10.6 Å². The number of nitrogens with one attached hydrogen (secondary N) is 2. The summed E-state index contributed by atoms with van der Waals surface area (Å²) in [6.45, 7) is 5.03. The molecule has 0 fully saturated rings. The number of alkyl carbamates (subject to hydrolysis) is 1. The SMILES string of the molecule is COC(=O)[C@@H](CNC(=O)OC(C)(C)C)NCC(=O)OCc1ccccc1. The maximum atomic E-state index is 11.8. The van der Waals surface area contributed by atoms with Crippen molar-refractivity contribution >= 4 is 18.0 Å². The minimum absolute atomic E-state index is 0.0897.